The second-order valence-corrected chi connectivity index (χ2v) is 6.39. The standard InChI is InChI=1S/C16H21ClN2O2/c1-11-16(20)18(2)14-9-12(5-6-15(14)21-11)13(17)10-19-7-3-4-8-19/h5-6,9,11,13H,3-4,7-8,10H2,1-2H3. The van der Waals surface area contributed by atoms with Crippen molar-refractivity contribution in [2.45, 2.75) is 31.2 Å². The lowest BCUT2D eigenvalue weighted by atomic mass is 10.1. The molecule has 0 saturated carbocycles. The molecule has 5 heteroatoms. The quantitative estimate of drug-likeness (QED) is 0.805. The molecule has 0 spiro atoms. The van der Waals surface area contributed by atoms with Gasteiger partial charge in [0.05, 0.1) is 11.1 Å². The van der Waals surface area contributed by atoms with Gasteiger partial charge < -0.3 is 14.5 Å². The van der Waals surface area contributed by atoms with E-state index in [1.807, 2.05) is 18.2 Å². The Balaban J connectivity index is 1.80. The molecule has 1 amide bonds. The van der Waals surface area contributed by atoms with Crippen LogP contribution in [0.4, 0.5) is 5.69 Å². The van der Waals surface area contributed by atoms with Gasteiger partial charge in [-0.1, -0.05) is 6.07 Å². The van der Waals surface area contributed by atoms with Gasteiger partial charge in [-0.05, 0) is 50.6 Å². The van der Waals surface area contributed by atoms with Crippen LogP contribution in [-0.2, 0) is 4.79 Å². The number of halogens is 1. The summed E-state index contributed by atoms with van der Waals surface area (Å²) in [4.78, 5) is 16.1. The summed E-state index contributed by atoms with van der Waals surface area (Å²) in [6, 6.07) is 5.90. The van der Waals surface area contributed by atoms with E-state index < -0.39 is 6.10 Å². The molecule has 2 unspecified atom stereocenters. The third-order valence-corrected chi connectivity index (χ3v) is 4.70. The lowest BCUT2D eigenvalue weighted by Crippen LogP contribution is -2.42. The third-order valence-electron chi connectivity index (χ3n) is 4.31. The highest BCUT2D eigenvalue weighted by Crippen LogP contribution is 2.36. The molecule has 0 aromatic heterocycles. The van der Waals surface area contributed by atoms with Gasteiger partial charge in [-0.25, -0.2) is 0 Å². The Labute approximate surface area is 130 Å². The maximum absolute atomic E-state index is 12.0. The second kappa shape index (κ2) is 5.85. The minimum atomic E-state index is -0.426. The van der Waals surface area contributed by atoms with Crippen LogP contribution in [0, 0.1) is 0 Å². The number of rotatable bonds is 3. The summed E-state index contributed by atoms with van der Waals surface area (Å²) in [6.45, 7) is 4.89. The van der Waals surface area contributed by atoms with Gasteiger partial charge in [0, 0.05) is 13.6 Å². The zero-order valence-corrected chi connectivity index (χ0v) is 13.3. The number of likely N-dealkylation sites (N-methyl/N-ethyl adjacent to an activating group) is 1. The highest BCUT2D eigenvalue weighted by atomic mass is 35.5. The second-order valence-electron chi connectivity index (χ2n) is 5.86. The summed E-state index contributed by atoms with van der Waals surface area (Å²) >= 11 is 6.56. The van der Waals surface area contributed by atoms with Crippen LogP contribution in [0.3, 0.4) is 0 Å². The number of ether oxygens (including phenoxy) is 1. The number of amides is 1. The minimum absolute atomic E-state index is 0.0229. The highest BCUT2D eigenvalue weighted by molar-refractivity contribution is 6.21. The van der Waals surface area contributed by atoms with E-state index in [1.165, 1.54) is 12.8 Å². The molecular weight excluding hydrogens is 288 g/mol. The Morgan fingerprint density at radius 2 is 2.10 bits per heavy atom. The van der Waals surface area contributed by atoms with Crippen molar-refractivity contribution in [3.05, 3.63) is 23.8 Å². The molecular formula is C16H21ClN2O2. The topological polar surface area (TPSA) is 32.8 Å². The maximum Gasteiger partial charge on any atom is 0.267 e. The van der Waals surface area contributed by atoms with Crippen molar-refractivity contribution < 1.29 is 9.53 Å². The van der Waals surface area contributed by atoms with Crippen molar-refractivity contribution in [3.8, 4) is 5.75 Å². The number of alkyl halides is 1. The minimum Gasteiger partial charge on any atom is -0.479 e. The first kappa shape index (κ1) is 14.7. The Hall–Kier alpha value is -1.26. The molecule has 2 aliphatic heterocycles. The number of hydrogen-bond donors (Lipinski definition) is 0. The van der Waals surface area contributed by atoms with Crippen molar-refractivity contribution in [2.75, 3.05) is 31.6 Å². The Morgan fingerprint density at radius 1 is 1.38 bits per heavy atom. The predicted octanol–water partition coefficient (Wildman–Crippen LogP) is 2.81. The van der Waals surface area contributed by atoms with Gasteiger partial charge in [-0.2, -0.15) is 0 Å². The van der Waals surface area contributed by atoms with Gasteiger partial charge in [0.15, 0.2) is 6.10 Å². The fourth-order valence-corrected chi connectivity index (χ4v) is 3.35. The van der Waals surface area contributed by atoms with Crippen LogP contribution < -0.4 is 9.64 Å². The molecule has 1 fully saturated rings. The van der Waals surface area contributed by atoms with Crippen molar-refractivity contribution >= 4 is 23.2 Å². The Kier molecular flexibility index (Phi) is 4.09. The normalized spacial score (nSPS) is 23.9. The van der Waals surface area contributed by atoms with Gasteiger partial charge >= 0.3 is 0 Å². The third kappa shape index (κ3) is 2.87. The molecule has 1 aromatic rings. The summed E-state index contributed by atoms with van der Waals surface area (Å²) in [7, 11) is 1.79. The van der Waals surface area contributed by atoms with E-state index in [-0.39, 0.29) is 11.3 Å². The number of fused-ring (bicyclic) bond motifs is 1. The molecule has 1 aromatic carbocycles. The van der Waals surface area contributed by atoms with E-state index in [4.69, 9.17) is 16.3 Å². The Morgan fingerprint density at radius 3 is 2.81 bits per heavy atom. The average Bonchev–Trinajstić information content (AvgIpc) is 2.97. The molecule has 2 aliphatic rings. The van der Waals surface area contributed by atoms with E-state index in [0.29, 0.717) is 0 Å². The van der Waals surface area contributed by atoms with Crippen LogP contribution in [0.15, 0.2) is 18.2 Å². The molecule has 2 atom stereocenters. The largest absolute Gasteiger partial charge is 0.479 e. The number of hydrogen-bond acceptors (Lipinski definition) is 3. The monoisotopic (exact) mass is 308 g/mol. The smallest absolute Gasteiger partial charge is 0.267 e. The van der Waals surface area contributed by atoms with E-state index in [9.17, 15) is 4.79 Å². The van der Waals surface area contributed by atoms with Crippen LogP contribution in [0.25, 0.3) is 0 Å². The summed E-state index contributed by atoms with van der Waals surface area (Å²) < 4.78 is 5.64. The molecule has 4 nitrogen and oxygen atoms in total. The molecule has 0 bridgehead atoms. The summed E-state index contributed by atoms with van der Waals surface area (Å²) in [5.41, 5.74) is 1.85. The number of carbonyl (C=O) groups is 1. The summed E-state index contributed by atoms with van der Waals surface area (Å²) in [5.74, 6) is 0.726. The van der Waals surface area contributed by atoms with Crippen LogP contribution in [0.5, 0.6) is 5.75 Å². The molecule has 114 valence electrons. The first-order valence-corrected chi connectivity index (χ1v) is 7.94. The molecule has 1 saturated heterocycles. The lowest BCUT2D eigenvalue weighted by Gasteiger charge is -2.31. The first-order valence-electron chi connectivity index (χ1n) is 7.51. The van der Waals surface area contributed by atoms with Crippen molar-refractivity contribution in [2.24, 2.45) is 0 Å². The fourth-order valence-electron chi connectivity index (χ4n) is 3.02. The zero-order valence-electron chi connectivity index (χ0n) is 12.5. The van der Waals surface area contributed by atoms with Gasteiger partial charge in [0.1, 0.15) is 5.75 Å². The van der Waals surface area contributed by atoms with E-state index in [1.54, 1.807) is 18.9 Å². The SMILES string of the molecule is CC1Oc2ccc(C(Cl)CN3CCCC3)cc2N(C)C1=O. The number of carbonyl (C=O) groups excluding carboxylic acids is 1. The average molecular weight is 309 g/mol. The van der Waals surface area contributed by atoms with Crippen LogP contribution >= 0.6 is 11.6 Å². The van der Waals surface area contributed by atoms with Crippen LogP contribution in [-0.4, -0.2) is 43.6 Å². The Bertz CT molecular complexity index is 543. The zero-order chi connectivity index (χ0) is 15.0. The molecule has 21 heavy (non-hydrogen) atoms. The van der Waals surface area contributed by atoms with Gasteiger partial charge in [-0.3, -0.25) is 4.79 Å². The highest BCUT2D eigenvalue weighted by Gasteiger charge is 2.29. The van der Waals surface area contributed by atoms with E-state index >= 15 is 0 Å². The number of benzene rings is 1. The van der Waals surface area contributed by atoms with Gasteiger partial charge in [0.25, 0.3) is 5.91 Å². The van der Waals surface area contributed by atoms with Crippen LogP contribution in [0.1, 0.15) is 30.7 Å². The van der Waals surface area contributed by atoms with Crippen LogP contribution in [0.2, 0.25) is 0 Å². The summed E-state index contributed by atoms with van der Waals surface area (Å²) in [5, 5.41) is -0.0590. The number of likely N-dealkylation sites (tertiary alicyclic amines) is 1. The van der Waals surface area contributed by atoms with Crippen molar-refractivity contribution in [1.29, 1.82) is 0 Å². The maximum atomic E-state index is 12.0. The lowest BCUT2D eigenvalue weighted by molar-refractivity contribution is -0.125. The van der Waals surface area contributed by atoms with Gasteiger partial charge in [0.2, 0.25) is 0 Å². The van der Waals surface area contributed by atoms with E-state index in [0.717, 1.165) is 36.6 Å². The molecule has 2 heterocycles. The van der Waals surface area contributed by atoms with Gasteiger partial charge in [-0.15, -0.1) is 11.6 Å². The number of anilines is 1. The van der Waals surface area contributed by atoms with Crippen molar-refractivity contribution in [1.82, 2.24) is 4.90 Å². The summed E-state index contributed by atoms with van der Waals surface area (Å²) in [6.07, 6.45) is 2.10. The number of nitrogens with zero attached hydrogens (tertiary/aromatic N) is 2. The molecule has 0 aliphatic carbocycles. The molecule has 0 radical (unpaired) electrons. The van der Waals surface area contributed by atoms with Crippen molar-refractivity contribution in [3.63, 3.8) is 0 Å². The molecule has 0 N–H and O–H groups in total. The predicted molar refractivity (Wildman–Crippen MR) is 84.2 cm³/mol. The molecule has 3 rings (SSSR count). The fraction of sp³-hybridized carbons (Fsp3) is 0.562. The van der Waals surface area contributed by atoms with E-state index in [2.05, 4.69) is 4.90 Å². The first-order chi connectivity index (χ1) is 10.1.